The fourth-order valence-electron chi connectivity index (χ4n) is 2.11. The standard InChI is InChI=1S/C14H22F2N2O/c1-17-13(12-5-3-2-4-6-12)7-8-18(9-10-19)11-14(15)16/h2-6,13-14,17,19H,7-11H2,1H3. The lowest BCUT2D eigenvalue weighted by Gasteiger charge is -2.24. The van der Waals surface area contributed by atoms with Crippen LogP contribution in [0.1, 0.15) is 18.0 Å². The summed E-state index contributed by atoms with van der Waals surface area (Å²) in [5.74, 6) is 0. The molecular weight excluding hydrogens is 250 g/mol. The molecule has 1 rings (SSSR count). The number of rotatable bonds is 9. The van der Waals surface area contributed by atoms with Crippen molar-refractivity contribution < 1.29 is 13.9 Å². The van der Waals surface area contributed by atoms with Crippen molar-refractivity contribution in [3.8, 4) is 0 Å². The zero-order valence-electron chi connectivity index (χ0n) is 11.2. The summed E-state index contributed by atoms with van der Waals surface area (Å²) in [6.07, 6.45) is -1.64. The number of benzene rings is 1. The van der Waals surface area contributed by atoms with E-state index in [1.54, 1.807) is 4.90 Å². The minimum atomic E-state index is -2.36. The molecule has 1 atom stereocenters. The van der Waals surface area contributed by atoms with Gasteiger partial charge in [-0.25, -0.2) is 8.78 Å². The van der Waals surface area contributed by atoms with E-state index in [4.69, 9.17) is 5.11 Å². The molecule has 5 heteroatoms. The summed E-state index contributed by atoms with van der Waals surface area (Å²) >= 11 is 0. The van der Waals surface area contributed by atoms with Gasteiger partial charge in [-0.1, -0.05) is 30.3 Å². The van der Waals surface area contributed by atoms with E-state index in [9.17, 15) is 8.78 Å². The summed E-state index contributed by atoms with van der Waals surface area (Å²) in [7, 11) is 1.86. The molecule has 0 aliphatic heterocycles. The number of nitrogens with one attached hydrogen (secondary N) is 1. The van der Waals surface area contributed by atoms with Crippen molar-refractivity contribution >= 4 is 0 Å². The predicted octanol–water partition coefficient (Wildman–Crippen LogP) is 1.90. The first-order chi connectivity index (χ1) is 9.17. The van der Waals surface area contributed by atoms with E-state index < -0.39 is 6.43 Å². The first-order valence-electron chi connectivity index (χ1n) is 6.51. The SMILES string of the molecule is CNC(CCN(CCO)CC(F)F)c1ccccc1. The van der Waals surface area contributed by atoms with E-state index in [-0.39, 0.29) is 25.7 Å². The van der Waals surface area contributed by atoms with Crippen molar-refractivity contribution in [2.24, 2.45) is 0 Å². The highest BCUT2D eigenvalue weighted by molar-refractivity contribution is 5.18. The average molecular weight is 272 g/mol. The lowest BCUT2D eigenvalue weighted by molar-refractivity contribution is 0.0763. The molecule has 1 aromatic carbocycles. The van der Waals surface area contributed by atoms with E-state index in [1.165, 1.54) is 0 Å². The normalized spacial score (nSPS) is 13.2. The number of halogens is 2. The number of aliphatic hydroxyl groups excluding tert-OH is 1. The largest absolute Gasteiger partial charge is 0.395 e. The van der Waals surface area contributed by atoms with Crippen molar-refractivity contribution in [3.05, 3.63) is 35.9 Å². The first kappa shape index (κ1) is 16.0. The molecule has 0 amide bonds. The smallest absolute Gasteiger partial charge is 0.251 e. The number of aliphatic hydroxyl groups is 1. The molecule has 0 heterocycles. The zero-order valence-corrected chi connectivity index (χ0v) is 11.2. The molecule has 3 nitrogen and oxygen atoms in total. The molecule has 0 saturated heterocycles. The third kappa shape index (κ3) is 6.09. The number of hydrogen-bond donors (Lipinski definition) is 2. The summed E-state index contributed by atoms with van der Waals surface area (Å²) in [4.78, 5) is 1.60. The van der Waals surface area contributed by atoms with Crippen molar-refractivity contribution in [3.63, 3.8) is 0 Å². The van der Waals surface area contributed by atoms with Gasteiger partial charge in [0.2, 0.25) is 0 Å². The molecule has 0 aliphatic rings. The second kappa shape index (κ2) is 8.96. The molecular formula is C14H22F2N2O. The van der Waals surface area contributed by atoms with Crippen molar-refractivity contribution in [2.45, 2.75) is 18.9 Å². The molecule has 0 spiro atoms. The lowest BCUT2D eigenvalue weighted by Crippen LogP contribution is -2.34. The van der Waals surface area contributed by atoms with Crippen molar-refractivity contribution in [1.29, 1.82) is 0 Å². The van der Waals surface area contributed by atoms with Crippen LogP contribution in [0.3, 0.4) is 0 Å². The third-order valence-corrected chi connectivity index (χ3v) is 3.10. The van der Waals surface area contributed by atoms with Crippen LogP contribution in [-0.2, 0) is 0 Å². The van der Waals surface area contributed by atoms with Gasteiger partial charge < -0.3 is 10.4 Å². The van der Waals surface area contributed by atoms with Crippen LogP contribution < -0.4 is 5.32 Å². The van der Waals surface area contributed by atoms with Crippen LogP contribution in [0.25, 0.3) is 0 Å². The molecule has 1 unspecified atom stereocenters. The Bertz CT molecular complexity index is 335. The van der Waals surface area contributed by atoms with Crippen LogP contribution in [0.15, 0.2) is 30.3 Å². The molecule has 0 aromatic heterocycles. The highest BCUT2D eigenvalue weighted by Gasteiger charge is 2.14. The molecule has 19 heavy (non-hydrogen) atoms. The van der Waals surface area contributed by atoms with Gasteiger partial charge in [-0.15, -0.1) is 0 Å². The van der Waals surface area contributed by atoms with E-state index in [0.717, 1.165) is 12.0 Å². The monoisotopic (exact) mass is 272 g/mol. The van der Waals surface area contributed by atoms with Crippen LogP contribution in [0.5, 0.6) is 0 Å². The van der Waals surface area contributed by atoms with E-state index >= 15 is 0 Å². The Morgan fingerprint density at radius 1 is 1.21 bits per heavy atom. The Morgan fingerprint density at radius 2 is 1.89 bits per heavy atom. The molecule has 2 N–H and O–H groups in total. The van der Waals surface area contributed by atoms with Crippen LogP contribution >= 0.6 is 0 Å². The third-order valence-electron chi connectivity index (χ3n) is 3.10. The number of alkyl halides is 2. The molecule has 0 fully saturated rings. The van der Waals surface area contributed by atoms with E-state index in [2.05, 4.69) is 5.32 Å². The van der Waals surface area contributed by atoms with Gasteiger partial charge in [-0.3, -0.25) is 4.90 Å². The maximum atomic E-state index is 12.4. The summed E-state index contributed by atoms with van der Waals surface area (Å²) in [6.45, 7) is 0.439. The second-order valence-electron chi connectivity index (χ2n) is 4.46. The minimum absolute atomic E-state index is 0.0950. The summed E-state index contributed by atoms with van der Waals surface area (Å²) in [5.41, 5.74) is 1.14. The van der Waals surface area contributed by atoms with Crippen molar-refractivity contribution in [1.82, 2.24) is 10.2 Å². The molecule has 1 aromatic rings. The van der Waals surface area contributed by atoms with Gasteiger partial charge in [0.05, 0.1) is 13.2 Å². The zero-order chi connectivity index (χ0) is 14.1. The van der Waals surface area contributed by atoms with Gasteiger partial charge in [-0.05, 0) is 19.0 Å². The fraction of sp³-hybridized carbons (Fsp3) is 0.571. The molecule has 108 valence electrons. The van der Waals surface area contributed by atoms with E-state index in [0.29, 0.717) is 6.54 Å². The van der Waals surface area contributed by atoms with Crippen LogP contribution in [-0.4, -0.2) is 49.7 Å². The lowest BCUT2D eigenvalue weighted by atomic mass is 10.0. The fourth-order valence-corrected chi connectivity index (χ4v) is 2.11. The van der Waals surface area contributed by atoms with Gasteiger partial charge in [0, 0.05) is 19.1 Å². The maximum absolute atomic E-state index is 12.4. The topological polar surface area (TPSA) is 35.5 Å². The maximum Gasteiger partial charge on any atom is 0.251 e. The Balaban J connectivity index is 2.51. The number of nitrogens with zero attached hydrogens (tertiary/aromatic N) is 1. The van der Waals surface area contributed by atoms with E-state index in [1.807, 2.05) is 37.4 Å². The minimum Gasteiger partial charge on any atom is -0.395 e. The summed E-state index contributed by atoms with van der Waals surface area (Å²) in [6, 6.07) is 10.1. The highest BCUT2D eigenvalue weighted by atomic mass is 19.3. The van der Waals surface area contributed by atoms with Gasteiger partial charge in [-0.2, -0.15) is 0 Å². The molecule has 0 radical (unpaired) electrons. The van der Waals surface area contributed by atoms with Gasteiger partial charge in [0.1, 0.15) is 0 Å². The molecule has 0 bridgehead atoms. The second-order valence-corrected chi connectivity index (χ2v) is 4.46. The van der Waals surface area contributed by atoms with Crippen molar-refractivity contribution in [2.75, 3.05) is 33.3 Å². The first-order valence-corrected chi connectivity index (χ1v) is 6.51. The average Bonchev–Trinajstić information content (AvgIpc) is 2.40. The number of hydrogen-bond acceptors (Lipinski definition) is 3. The van der Waals surface area contributed by atoms with Gasteiger partial charge in [0.25, 0.3) is 6.43 Å². The van der Waals surface area contributed by atoms with Gasteiger partial charge in [0.15, 0.2) is 0 Å². The molecule has 0 aliphatic carbocycles. The Hall–Kier alpha value is -1.04. The van der Waals surface area contributed by atoms with Crippen LogP contribution in [0.4, 0.5) is 8.78 Å². The van der Waals surface area contributed by atoms with Crippen LogP contribution in [0.2, 0.25) is 0 Å². The Morgan fingerprint density at radius 3 is 2.42 bits per heavy atom. The van der Waals surface area contributed by atoms with Gasteiger partial charge >= 0.3 is 0 Å². The Kier molecular flexibility index (Phi) is 7.55. The summed E-state index contributed by atoms with van der Waals surface area (Å²) < 4.78 is 24.8. The quantitative estimate of drug-likeness (QED) is 0.720. The van der Waals surface area contributed by atoms with Crippen LogP contribution in [0, 0.1) is 0 Å². The summed E-state index contributed by atoms with van der Waals surface area (Å²) in [5, 5.41) is 12.1. The highest BCUT2D eigenvalue weighted by Crippen LogP contribution is 2.16. The Labute approximate surface area is 113 Å². The predicted molar refractivity (Wildman–Crippen MR) is 72.4 cm³/mol. The molecule has 0 saturated carbocycles.